The number of ether oxygens (including phenoxy) is 2. The van der Waals surface area contributed by atoms with Crippen LogP contribution in [-0.4, -0.2) is 25.1 Å². The number of esters is 1. The van der Waals surface area contributed by atoms with Crippen LogP contribution in [0.3, 0.4) is 0 Å². The number of para-hydroxylation sites is 2. The van der Waals surface area contributed by atoms with Crippen molar-refractivity contribution in [1.82, 2.24) is 0 Å². The minimum absolute atomic E-state index is 0.432. The van der Waals surface area contributed by atoms with Crippen LogP contribution in [0.25, 0.3) is 16.5 Å². The minimum atomic E-state index is -0.944. The number of thiophene rings is 1. The van der Waals surface area contributed by atoms with Gasteiger partial charge in [0.1, 0.15) is 5.75 Å². The first-order valence-electron chi connectivity index (χ1n) is 9.04. The predicted molar refractivity (Wildman–Crippen MR) is 116 cm³/mol. The van der Waals surface area contributed by atoms with E-state index in [9.17, 15) is 9.59 Å². The fourth-order valence-electron chi connectivity index (χ4n) is 2.60. The van der Waals surface area contributed by atoms with E-state index >= 15 is 0 Å². The molecule has 1 amide bonds. The molecule has 29 heavy (non-hydrogen) atoms. The van der Waals surface area contributed by atoms with Crippen molar-refractivity contribution in [3.63, 3.8) is 0 Å². The first kappa shape index (κ1) is 20.4. The van der Waals surface area contributed by atoms with Gasteiger partial charge in [-0.3, -0.25) is 4.79 Å². The smallest absolute Gasteiger partial charge is 0.331 e. The summed E-state index contributed by atoms with van der Waals surface area (Å²) in [5, 5.41) is 2.70. The molecule has 0 saturated carbocycles. The number of benzene rings is 2. The molecule has 0 fully saturated rings. The van der Waals surface area contributed by atoms with Gasteiger partial charge in [0.2, 0.25) is 0 Å². The Labute approximate surface area is 173 Å². The van der Waals surface area contributed by atoms with Gasteiger partial charge in [-0.1, -0.05) is 42.5 Å². The number of methoxy groups -OCH3 is 1. The maximum Gasteiger partial charge on any atom is 0.331 e. The third-order valence-electron chi connectivity index (χ3n) is 4.10. The fraction of sp³-hybridized carbons (Fsp3) is 0.130. The van der Waals surface area contributed by atoms with Crippen LogP contribution in [0, 0.1) is 0 Å². The van der Waals surface area contributed by atoms with Gasteiger partial charge in [0, 0.05) is 15.8 Å². The van der Waals surface area contributed by atoms with Gasteiger partial charge in [-0.2, -0.15) is 0 Å². The van der Waals surface area contributed by atoms with Gasteiger partial charge in [-0.05, 0) is 42.8 Å². The molecule has 0 radical (unpaired) electrons. The average molecular weight is 407 g/mol. The Bertz CT molecular complexity index is 1010. The molecule has 1 atom stereocenters. The summed E-state index contributed by atoms with van der Waals surface area (Å²) in [7, 11) is 1.52. The molecule has 0 unspecified atom stereocenters. The number of nitrogens with one attached hydrogen (secondary N) is 1. The lowest BCUT2D eigenvalue weighted by atomic mass is 10.2. The molecule has 1 aromatic heterocycles. The van der Waals surface area contributed by atoms with Crippen LogP contribution in [0.4, 0.5) is 5.69 Å². The number of hydrogen-bond donors (Lipinski definition) is 1. The summed E-state index contributed by atoms with van der Waals surface area (Å²) in [4.78, 5) is 26.4. The molecule has 3 rings (SSSR count). The average Bonchev–Trinajstić information content (AvgIpc) is 3.22. The maximum absolute atomic E-state index is 12.3. The van der Waals surface area contributed by atoms with E-state index < -0.39 is 18.0 Å². The van der Waals surface area contributed by atoms with Crippen LogP contribution in [-0.2, 0) is 14.3 Å². The van der Waals surface area contributed by atoms with Crippen LogP contribution < -0.4 is 10.1 Å². The summed E-state index contributed by atoms with van der Waals surface area (Å²) in [6, 6.07) is 21.0. The van der Waals surface area contributed by atoms with E-state index in [0.717, 1.165) is 15.3 Å². The van der Waals surface area contributed by atoms with Crippen LogP contribution in [0.15, 0.2) is 72.8 Å². The molecule has 0 aliphatic rings. The maximum atomic E-state index is 12.3. The van der Waals surface area contributed by atoms with E-state index in [1.807, 2.05) is 42.5 Å². The first-order valence-corrected chi connectivity index (χ1v) is 9.86. The van der Waals surface area contributed by atoms with Gasteiger partial charge in [0.25, 0.3) is 5.91 Å². The van der Waals surface area contributed by atoms with E-state index in [2.05, 4.69) is 5.32 Å². The van der Waals surface area contributed by atoms with Gasteiger partial charge in [0.15, 0.2) is 6.10 Å². The standard InChI is InChI=1S/C23H21NO4S/c1-16(23(26)24-19-10-6-7-11-20(19)27-2)28-22(25)15-13-18-12-14-21(29-18)17-8-4-3-5-9-17/h3-16H,1-2H3,(H,24,26)/b15-13+/t16-/m0/s1. The van der Waals surface area contributed by atoms with Crippen molar-refractivity contribution in [2.45, 2.75) is 13.0 Å². The first-order chi connectivity index (χ1) is 14.1. The lowest BCUT2D eigenvalue weighted by molar-refractivity contribution is -0.148. The largest absolute Gasteiger partial charge is 0.495 e. The molecule has 0 spiro atoms. The normalized spacial score (nSPS) is 11.8. The Kier molecular flexibility index (Phi) is 6.81. The SMILES string of the molecule is COc1ccccc1NC(=O)[C@H](C)OC(=O)/C=C/c1ccc(-c2ccccc2)s1. The van der Waals surface area contributed by atoms with Gasteiger partial charge in [-0.15, -0.1) is 11.3 Å². The van der Waals surface area contributed by atoms with Crippen LogP contribution in [0.2, 0.25) is 0 Å². The highest BCUT2D eigenvalue weighted by molar-refractivity contribution is 7.16. The van der Waals surface area contributed by atoms with Crippen molar-refractivity contribution in [2.24, 2.45) is 0 Å². The molecule has 1 heterocycles. The summed E-state index contributed by atoms with van der Waals surface area (Å²) in [6.07, 6.45) is 2.07. The van der Waals surface area contributed by atoms with E-state index in [1.54, 1.807) is 41.7 Å². The van der Waals surface area contributed by atoms with Gasteiger partial charge in [-0.25, -0.2) is 4.79 Å². The molecule has 0 saturated heterocycles. The second kappa shape index (κ2) is 9.71. The van der Waals surface area contributed by atoms with Crippen molar-refractivity contribution >= 4 is 35.0 Å². The summed E-state index contributed by atoms with van der Waals surface area (Å²) in [5.74, 6) is -0.479. The van der Waals surface area contributed by atoms with Crippen molar-refractivity contribution < 1.29 is 19.1 Å². The van der Waals surface area contributed by atoms with Crippen molar-refractivity contribution in [3.05, 3.63) is 77.7 Å². The van der Waals surface area contributed by atoms with E-state index in [-0.39, 0.29) is 0 Å². The number of rotatable bonds is 7. The van der Waals surface area contributed by atoms with Crippen LogP contribution >= 0.6 is 11.3 Å². The number of carbonyl (C=O) groups is 2. The summed E-state index contributed by atoms with van der Waals surface area (Å²) >= 11 is 1.57. The van der Waals surface area contributed by atoms with Crippen LogP contribution in [0.5, 0.6) is 5.75 Å². The van der Waals surface area contributed by atoms with Gasteiger partial charge >= 0.3 is 5.97 Å². The second-order valence-corrected chi connectivity index (χ2v) is 7.29. The predicted octanol–water partition coefficient (Wildman–Crippen LogP) is 5.01. The number of amides is 1. The lowest BCUT2D eigenvalue weighted by Crippen LogP contribution is -2.29. The molecule has 148 valence electrons. The zero-order valence-electron chi connectivity index (χ0n) is 16.1. The van der Waals surface area contributed by atoms with Gasteiger partial charge < -0.3 is 14.8 Å². The molecule has 0 bridgehead atoms. The van der Waals surface area contributed by atoms with E-state index in [1.165, 1.54) is 20.1 Å². The molecular formula is C23H21NO4S. The summed E-state index contributed by atoms with van der Waals surface area (Å²) in [5.41, 5.74) is 1.65. The quantitative estimate of drug-likeness (QED) is 0.442. The Morgan fingerprint density at radius 1 is 1.00 bits per heavy atom. The number of hydrogen-bond acceptors (Lipinski definition) is 5. The molecule has 5 nitrogen and oxygen atoms in total. The highest BCUT2D eigenvalue weighted by Gasteiger charge is 2.18. The van der Waals surface area contributed by atoms with Crippen molar-refractivity contribution in [1.29, 1.82) is 0 Å². The Hall–Kier alpha value is -3.38. The fourth-order valence-corrected chi connectivity index (χ4v) is 3.52. The van der Waals surface area contributed by atoms with Crippen molar-refractivity contribution in [2.75, 3.05) is 12.4 Å². The van der Waals surface area contributed by atoms with Crippen molar-refractivity contribution in [3.8, 4) is 16.2 Å². The van der Waals surface area contributed by atoms with E-state index in [4.69, 9.17) is 9.47 Å². The molecule has 2 aromatic carbocycles. The Morgan fingerprint density at radius 3 is 2.48 bits per heavy atom. The second-order valence-electron chi connectivity index (χ2n) is 6.17. The summed E-state index contributed by atoms with van der Waals surface area (Å²) in [6.45, 7) is 1.52. The lowest BCUT2D eigenvalue weighted by Gasteiger charge is -2.14. The third-order valence-corrected chi connectivity index (χ3v) is 5.20. The number of anilines is 1. The molecule has 3 aromatic rings. The summed E-state index contributed by atoms with van der Waals surface area (Å²) < 4.78 is 10.4. The Morgan fingerprint density at radius 2 is 1.72 bits per heavy atom. The number of carbonyl (C=O) groups excluding carboxylic acids is 2. The zero-order chi connectivity index (χ0) is 20.6. The Balaban J connectivity index is 1.56. The third kappa shape index (κ3) is 5.56. The molecule has 0 aliphatic carbocycles. The molecular weight excluding hydrogens is 386 g/mol. The zero-order valence-corrected chi connectivity index (χ0v) is 16.9. The topological polar surface area (TPSA) is 64.6 Å². The minimum Gasteiger partial charge on any atom is -0.495 e. The monoisotopic (exact) mass is 407 g/mol. The van der Waals surface area contributed by atoms with E-state index in [0.29, 0.717) is 11.4 Å². The molecule has 1 N–H and O–H groups in total. The van der Waals surface area contributed by atoms with Gasteiger partial charge in [0.05, 0.1) is 12.8 Å². The highest BCUT2D eigenvalue weighted by Crippen LogP contribution is 2.28. The highest BCUT2D eigenvalue weighted by atomic mass is 32.1. The van der Waals surface area contributed by atoms with Crippen LogP contribution in [0.1, 0.15) is 11.8 Å². The molecule has 0 aliphatic heterocycles. The molecule has 6 heteroatoms.